The summed E-state index contributed by atoms with van der Waals surface area (Å²) in [4.78, 5) is 0. The third-order valence-corrected chi connectivity index (χ3v) is 11.1. The molecule has 1 aromatic heterocycles. The van der Waals surface area contributed by atoms with E-state index in [1.54, 1.807) is 0 Å². The molecule has 0 bridgehead atoms. The van der Waals surface area contributed by atoms with E-state index in [1.807, 2.05) is 0 Å². The lowest BCUT2D eigenvalue weighted by Gasteiger charge is -2.22. The number of allylic oxidation sites excluding steroid dienone is 3. The van der Waals surface area contributed by atoms with Gasteiger partial charge in [-0.1, -0.05) is 147 Å². The smallest absolute Gasteiger partial charge is 0.0619 e. The van der Waals surface area contributed by atoms with Crippen LogP contribution in [0.5, 0.6) is 0 Å². The third kappa shape index (κ3) is 4.25. The highest BCUT2D eigenvalue weighted by molar-refractivity contribution is 6.19. The maximum absolute atomic E-state index is 2.51. The molecule has 8 aromatic rings. The molecule has 0 aliphatic heterocycles. The molecule has 0 saturated heterocycles. The van der Waals surface area contributed by atoms with Gasteiger partial charge in [0.15, 0.2) is 0 Å². The minimum absolute atomic E-state index is 0.0624. The molecule has 0 amide bonds. The zero-order valence-electron chi connectivity index (χ0n) is 27.7. The monoisotopic (exact) mass is 625 g/mol. The number of rotatable bonds is 3. The summed E-state index contributed by atoms with van der Waals surface area (Å²) in [6.07, 6.45) is 7.66. The molecule has 0 atom stereocenters. The molecule has 2 aliphatic rings. The molecule has 0 N–H and O–H groups in total. The Bertz CT molecular complexity index is 2700. The van der Waals surface area contributed by atoms with E-state index in [2.05, 4.69) is 182 Å². The van der Waals surface area contributed by atoms with Crippen LogP contribution in [-0.4, -0.2) is 4.57 Å². The van der Waals surface area contributed by atoms with Gasteiger partial charge in [-0.25, -0.2) is 0 Å². The van der Waals surface area contributed by atoms with Crippen LogP contribution in [0.15, 0.2) is 158 Å². The highest BCUT2D eigenvalue weighted by Crippen LogP contribution is 2.49. The molecule has 1 nitrogen and oxygen atoms in total. The van der Waals surface area contributed by atoms with Gasteiger partial charge in [0.05, 0.1) is 11.0 Å². The third-order valence-electron chi connectivity index (χ3n) is 11.1. The molecule has 0 fully saturated rings. The second kappa shape index (κ2) is 10.5. The molecule has 2 aliphatic carbocycles. The number of benzene rings is 7. The standard InChI is InChI=1S/C48H35N/c1-48(2)44-18-9-8-17-40(44)41-25-23-38(30-45(41)48)49-46-26-22-37(29-43(46)42-24-21-32-13-6-7-16-39(32)47(42)49)36-20-19-35-27-33(14-10-15-34(35)28-36)31-11-4-3-5-12-31/h3-26,28-30H,27H2,1-2H3. The highest BCUT2D eigenvalue weighted by Gasteiger charge is 2.35. The van der Waals surface area contributed by atoms with Gasteiger partial charge in [0, 0.05) is 27.3 Å². The molecule has 1 heterocycles. The van der Waals surface area contributed by atoms with Crippen LogP contribution in [0.2, 0.25) is 0 Å². The van der Waals surface area contributed by atoms with Crippen molar-refractivity contribution in [3.8, 4) is 27.9 Å². The first-order valence-corrected chi connectivity index (χ1v) is 17.3. The second-order valence-electron chi connectivity index (χ2n) is 14.2. The summed E-state index contributed by atoms with van der Waals surface area (Å²) >= 11 is 0. The Morgan fingerprint density at radius 1 is 0.551 bits per heavy atom. The maximum Gasteiger partial charge on any atom is 0.0619 e. The topological polar surface area (TPSA) is 4.93 Å². The van der Waals surface area contributed by atoms with E-state index in [-0.39, 0.29) is 5.41 Å². The van der Waals surface area contributed by atoms with Crippen LogP contribution in [0.4, 0.5) is 0 Å². The largest absolute Gasteiger partial charge is 0.309 e. The Morgan fingerprint density at radius 3 is 2.24 bits per heavy atom. The molecule has 0 unspecified atom stereocenters. The Hall–Kier alpha value is -5.92. The van der Waals surface area contributed by atoms with E-state index in [0.29, 0.717) is 0 Å². The first kappa shape index (κ1) is 28.1. The van der Waals surface area contributed by atoms with Crippen molar-refractivity contribution < 1.29 is 0 Å². The fourth-order valence-corrected chi connectivity index (χ4v) is 8.53. The fraction of sp³-hybridized carbons (Fsp3) is 0.0833. The van der Waals surface area contributed by atoms with E-state index >= 15 is 0 Å². The van der Waals surface area contributed by atoms with Crippen molar-refractivity contribution in [3.05, 3.63) is 186 Å². The van der Waals surface area contributed by atoms with Gasteiger partial charge in [0.25, 0.3) is 0 Å². The number of fused-ring (bicyclic) bond motifs is 9. The molecule has 0 radical (unpaired) electrons. The second-order valence-corrected chi connectivity index (χ2v) is 14.2. The fourth-order valence-electron chi connectivity index (χ4n) is 8.53. The van der Waals surface area contributed by atoms with Gasteiger partial charge in [-0.05, 0) is 97.8 Å². The summed E-state index contributed by atoms with van der Waals surface area (Å²) in [5.41, 5.74) is 16.9. The van der Waals surface area contributed by atoms with Crippen LogP contribution >= 0.6 is 0 Å². The molecule has 232 valence electrons. The zero-order chi connectivity index (χ0) is 32.7. The summed E-state index contributed by atoms with van der Waals surface area (Å²) in [6.45, 7) is 4.73. The van der Waals surface area contributed by atoms with Gasteiger partial charge in [-0.2, -0.15) is 0 Å². The van der Waals surface area contributed by atoms with Crippen molar-refractivity contribution >= 4 is 44.2 Å². The van der Waals surface area contributed by atoms with Crippen LogP contribution < -0.4 is 0 Å². The van der Waals surface area contributed by atoms with Crippen LogP contribution in [-0.2, 0) is 11.8 Å². The van der Waals surface area contributed by atoms with E-state index in [9.17, 15) is 0 Å². The number of aromatic nitrogens is 1. The molecule has 1 heteroatoms. The Kier molecular flexibility index (Phi) is 6.05. The van der Waals surface area contributed by atoms with Crippen molar-refractivity contribution in [2.75, 3.05) is 0 Å². The van der Waals surface area contributed by atoms with E-state index in [4.69, 9.17) is 0 Å². The van der Waals surface area contributed by atoms with Gasteiger partial charge in [-0.3, -0.25) is 0 Å². The SMILES string of the molecule is CC1(C)c2ccccc2-c2ccc(-n3c4ccc(-c5ccc6c(c5)C=CC=C(c5ccccc5)C6)cc4c4ccc5ccccc5c43)cc21. The van der Waals surface area contributed by atoms with Crippen molar-refractivity contribution in [1.29, 1.82) is 0 Å². The minimum atomic E-state index is -0.0624. The van der Waals surface area contributed by atoms with E-state index in [0.717, 1.165) is 6.42 Å². The Labute approximate surface area is 287 Å². The zero-order valence-corrected chi connectivity index (χ0v) is 27.7. The number of hydrogen-bond acceptors (Lipinski definition) is 0. The Morgan fingerprint density at radius 2 is 1.33 bits per heavy atom. The summed E-state index contributed by atoms with van der Waals surface area (Å²) < 4.78 is 2.51. The predicted molar refractivity (Wildman–Crippen MR) is 208 cm³/mol. The number of hydrogen-bond donors (Lipinski definition) is 0. The first-order valence-electron chi connectivity index (χ1n) is 17.3. The van der Waals surface area contributed by atoms with Gasteiger partial charge in [0.2, 0.25) is 0 Å². The minimum Gasteiger partial charge on any atom is -0.309 e. The molecular weight excluding hydrogens is 591 g/mol. The highest BCUT2D eigenvalue weighted by atomic mass is 15.0. The van der Waals surface area contributed by atoms with Gasteiger partial charge < -0.3 is 4.57 Å². The number of nitrogens with zero attached hydrogens (tertiary/aromatic N) is 1. The molecule has 0 saturated carbocycles. The summed E-state index contributed by atoms with van der Waals surface area (Å²) in [5, 5.41) is 5.09. The van der Waals surface area contributed by atoms with E-state index < -0.39 is 0 Å². The first-order chi connectivity index (χ1) is 24.0. The summed E-state index contributed by atoms with van der Waals surface area (Å²) in [6, 6.07) is 54.2. The lowest BCUT2D eigenvalue weighted by Crippen LogP contribution is -2.15. The molecule has 7 aromatic carbocycles. The van der Waals surface area contributed by atoms with Crippen LogP contribution in [0.25, 0.3) is 72.2 Å². The molecule has 10 rings (SSSR count). The molecule has 49 heavy (non-hydrogen) atoms. The molecule has 0 spiro atoms. The van der Waals surface area contributed by atoms with Gasteiger partial charge in [0.1, 0.15) is 0 Å². The Balaban J connectivity index is 1.14. The van der Waals surface area contributed by atoms with Gasteiger partial charge in [-0.15, -0.1) is 0 Å². The van der Waals surface area contributed by atoms with Crippen LogP contribution in [0, 0.1) is 0 Å². The van der Waals surface area contributed by atoms with Crippen molar-refractivity contribution in [2.45, 2.75) is 25.7 Å². The van der Waals surface area contributed by atoms with E-state index in [1.165, 1.54) is 93.9 Å². The van der Waals surface area contributed by atoms with Crippen LogP contribution in [0.3, 0.4) is 0 Å². The predicted octanol–water partition coefficient (Wildman–Crippen LogP) is 12.6. The normalized spacial score (nSPS) is 14.4. The van der Waals surface area contributed by atoms with Crippen molar-refractivity contribution in [1.82, 2.24) is 4.57 Å². The van der Waals surface area contributed by atoms with Gasteiger partial charge >= 0.3 is 0 Å². The summed E-state index contributed by atoms with van der Waals surface area (Å²) in [7, 11) is 0. The molecular formula is C48H35N. The van der Waals surface area contributed by atoms with Crippen molar-refractivity contribution in [3.63, 3.8) is 0 Å². The van der Waals surface area contributed by atoms with Crippen LogP contribution in [0.1, 0.15) is 41.7 Å². The maximum atomic E-state index is 2.51. The van der Waals surface area contributed by atoms with Crippen molar-refractivity contribution in [2.24, 2.45) is 0 Å². The summed E-state index contributed by atoms with van der Waals surface area (Å²) in [5.74, 6) is 0. The quantitative estimate of drug-likeness (QED) is 0.184. The lowest BCUT2D eigenvalue weighted by atomic mass is 9.82. The lowest BCUT2D eigenvalue weighted by molar-refractivity contribution is 0.660. The average molecular weight is 626 g/mol. The average Bonchev–Trinajstić information content (AvgIpc) is 3.48.